The summed E-state index contributed by atoms with van der Waals surface area (Å²) in [6, 6.07) is 11.7. The third-order valence-electron chi connectivity index (χ3n) is 3.04. The Hall–Kier alpha value is -3.09. The normalized spacial score (nSPS) is 11.4. The van der Waals surface area contributed by atoms with Crippen LogP contribution in [0.15, 0.2) is 48.7 Å². The molecule has 0 spiro atoms. The van der Waals surface area contributed by atoms with Gasteiger partial charge in [-0.2, -0.15) is 0 Å². The van der Waals surface area contributed by atoms with E-state index in [2.05, 4.69) is 10.3 Å². The van der Waals surface area contributed by atoms with Gasteiger partial charge in [0, 0.05) is 12.3 Å². The number of aromatic carboxylic acids is 1. The van der Waals surface area contributed by atoms with Gasteiger partial charge in [0.25, 0.3) is 0 Å². The molecular formula is C17H18N2O5. The maximum Gasteiger partial charge on any atom is 0.407 e. The van der Waals surface area contributed by atoms with Gasteiger partial charge in [0.1, 0.15) is 13.2 Å². The Balaban J connectivity index is 1.74. The molecule has 0 aliphatic heterocycles. The summed E-state index contributed by atoms with van der Waals surface area (Å²) in [5.74, 6) is -0.876. The minimum Gasteiger partial charge on any atom is -0.478 e. The summed E-state index contributed by atoms with van der Waals surface area (Å²) in [6.45, 7) is 2.06. The molecule has 1 aromatic heterocycles. The molecule has 0 aliphatic rings. The van der Waals surface area contributed by atoms with E-state index in [1.165, 1.54) is 18.3 Å². The molecule has 0 bridgehead atoms. The fourth-order valence-electron chi connectivity index (χ4n) is 1.84. The van der Waals surface area contributed by atoms with E-state index >= 15 is 0 Å². The van der Waals surface area contributed by atoms with Crippen molar-refractivity contribution >= 4 is 12.1 Å². The first-order valence-corrected chi connectivity index (χ1v) is 7.34. The van der Waals surface area contributed by atoms with Crippen LogP contribution in [0.2, 0.25) is 0 Å². The van der Waals surface area contributed by atoms with Gasteiger partial charge in [-0.25, -0.2) is 14.6 Å². The topological polar surface area (TPSA) is 97.8 Å². The number of pyridine rings is 1. The Morgan fingerprint density at radius 2 is 2.00 bits per heavy atom. The van der Waals surface area contributed by atoms with Crippen molar-refractivity contribution in [2.24, 2.45) is 0 Å². The van der Waals surface area contributed by atoms with E-state index in [9.17, 15) is 9.59 Å². The zero-order valence-corrected chi connectivity index (χ0v) is 13.1. The Morgan fingerprint density at radius 1 is 1.25 bits per heavy atom. The van der Waals surface area contributed by atoms with E-state index in [1.54, 1.807) is 6.92 Å². The van der Waals surface area contributed by atoms with E-state index in [0.29, 0.717) is 0 Å². The lowest BCUT2D eigenvalue weighted by Gasteiger charge is -2.14. The molecule has 0 saturated carbocycles. The van der Waals surface area contributed by atoms with Crippen molar-refractivity contribution in [3.05, 3.63) is 59.8 Å². The van der Waals surface area contributed by atoms with Crippen LogP contribution < -0.4 is 10.1 Å². The number of alkyl carbamates (subject to hydrolysis) is 1. The zero-order chi connectivity index (χ0) is 17.4. The quantitative estimate of drug-likeness (QED) is 0.809. The monoisotopic (exact) mass is 330 g/mol. The van der Waals surface area contributed by atoms with E-state index in [4.69, 9.17) is 14.6 Å². The molecule has 1 amide bonds. The Labute approximate surface area is 139 Å². The van der Waals surface area contributed by atoms with Crippen LogP contribution in [0.4, 0.5) is 4.79 Å². The van der Waals surface area contributed by atoms with Crippen LogP contribution in [-0.4, -0.2) is 34.8 Å². The summed E-state index contributed by atoms with van der Waals surface area (Å²) in [5, 5.41) is 11.5. The number of carboxylic acids is 1. The number of hydrogen-bond acceptors (Lipinski definition) is 5. The number of nitrogens with zero attached hydrogens (tertiary/aromatic N) is 1. The molecule has 1 atom stereocenters. The molecule has 2 rings (SSSR count). The molecule has 126 valence electrons. The van der Waals surface area contributed by atoms with Crippen LogP contribution in [-0.2, 0) is 11.3 Å². The highest BCUT2D eigenvalue weighted by Crippen LogP contribution is 2.09. The molecule has 2 N–H and O–H groups in total. The largest absolute Gasteiger partial charge is 0.478 e. The standard InChI is InChI=1S/C17H18N2O5/c1-12(10-23-15-9-14(16(20)21)7-8-18-15)19-17(22)24-11-13-5-3-2-4-6-13/h2-9,12H,10-11H2,1H3,(H,19,22)(H,20,21). The molecule has 1 unspecified atom stereocenters. The summed E-state index contributed by atoms with van der Waals surface area (Å²) in [5.41, 5.74) is 0.981. The number of hydrogen-bond donors (Lipinski definition) is 2. The summed E-state index contributed by atoms with van der Waals surface area (Å²) in [7, 11) is 0. The van der Waals surface area contributed by atoms with Crippen molar-refractivity contribution in [2.75, 3.05) is 6.61 Å². The minimum atomic E-state index is -1.06. The zero-order valence-electron chi connectivity index (χ0n) is 13.1. The number of benzene rings is 1. The second-order valence-electron chi connectivity index (χ2n) is 5.11. The third kappa shape index (κ3) is 5.60. The number of carboxylic acid groups (broad SMARTS) is 1. The van der Waals surface area contributed by atoms with Crippen LogP contribution >= 0.6 is 0 Å². The van der Waals surface area contributed by atoms with E-state index in [1.807, 2.05) is 30.3 Å². The maximum absolute atomic E-state index is 11.7. The van der Waals surface area contributed by atoms with Gasteiger partial charge in [0.15, 0.2) is 0 Å². The van der Waals surface area contributed by atoms with E-state index in [-0.39, 0.29) is 30.7 Å². The molecule has 24 heavy (non-hydrogen) atoms. The Kier molecular flexibility index (Phi) is 6.13. The summed E-state index contributed by atoms with van der Waals surface area (Å²) in [6.07, 6.45) is 0.799. The lowest BCUT2D eigenvalue weighted by atomic mass is 10.2. The number of ether oxygens (including phenoxy) is 2. The van der Waals surface area contributed by atoms with Gasteiger partial charge in [0.2, 0.25) is 5.88 Å². The average molecular weight is 330 g/mol. The molecule has 0 radical (unpaired) electrons. The van der Waals surface area contributed by atoms with Gasteiger partial charge < -0.3 is 19.9 Å². The molecule has 7 heteroatoms. The first-order chi connectivity index (χ1) is 11.5. The highest BCUT2D eigenvalue weighted by Gasteiger charge is 2.11. The number of carbonyl (C=O) groups is 2. The van der Waals surface area contributed by atoms with Crippen LogP contribution in [0, 0.1) is 0 Å². The third-order valence-corrected chi connectivity index (χ3v) is 3.04. The van der Waals surface area contributed by atoms with Crippen molar-refractivity contribution in [3.8, 4) is 5.88 Å². The number of amides is 1. The van der Waals surface area contributed by atoms with Crippen LogP contribution in [0.25, 0.3) is 0 Å². The Bertz CT molecular complexity index is 690. The molecule has 7 nitrogen and oxygen atoms in total. The summed E-state index contributed by atoms with van der Waals surface area (Å²) < 4.78 is 10.5. The SMILES string of the molecule is CC(COc1cc(C(=O)O)ccn1)NC(=O)OCc1ccccc1. The lowest BCUT2D eigenvalue weighted by Crippen LogP contribution is -2.37. The molecule has 0 aliphatic carbocycles. The van der Waals surface area contributed by atoms with Gasteiger partial charge in [-0.05, 0) is 18.6 Å². The van der Waals surface area contributed by atoms with Crippen molar-refractivity contribution in [1.29, 1.82) is 0 Å². The molecule has 2 aromatic rings. The fourth-order valence-corrected chi connectivity index (χ4v) is 1.84. The summed E-state index contributed by atoms with van der Waals surface area (Å²) >= 11 is 0. The van der Waals surface area contributed by atoms with Crippen LogP contribution in [0.5, 0.6) is 5.88 Å². The highest BCUT2D eigenvalue weighted by molar-refractivity contribution is 5.87. The van der Waals surface area contributed by atoms with Crippen molar-refractivity contribution in [1.82, 2.24) is 10.3 Å². The van der Waals surface area contributed by atoms with Crippen LogP contribution in [0.3, 0.4) is 0 Å². The predicted molar refractivity (Wildman–Crippen MR) is 85.9 cm³/mol. The van der Waals surface area contributed by atoms with Crippen molar-refractivity contribution < 1.29 is 24.2 Å². The smallest absolute Gasteiger partial charge is 0.407 e. The minimum absolute atomic E-state index is 0.0860. The van der Waals surface area contributed by atoms with Gasteiger partial charge in [-0.3, -0.25) is 0 Å². The highest BCUT2D eigenvalue weighted by atomic mass is 16.5. The van der Waals surface area contributed by atoms with Crippen LogP contribution in [0.1, 0.15) is 22.8 Å². The number of carbonyl (C=O) groups excluding carboxylic acids is 1. The molecule has 1 aromatic carbocycles. The molecule has 0 fully saturated rings. The number of rotatable bonds is 7. The molecule has 1 heterocycles. The molecular weight excluding hydrogens is 312 g/mol. The Morgan fingerprint density at radius 3 is 2.71 bits per heavy atom. The first kappa shape index (κ1) is 17.3. The summed E-state index contributed by atoms with van der Waals surface area (Å²) in [4.78, 5) is 26.5. The maximum atomic E-state index is 11.7. The number of nitrogens with one attached hydrogen (secondary N) is 1. The second-order valence-corrected chi connectivity index (χ2v) is 5.11. The number of aromatic nitrogens is 1. The van der Waals surface area contributed by atoms with E-state index in [0.717, 1.165) is 5.56 Å². The van der Waals surface area contributed by atoms with Gasteiger partial charge in [0.05, 0.1) is 11.6 Å². The van der Waals surface area contributed by atoms with Gasteiger partial charge in [-0.1, -0.05) is 30.3 Å². The second kappa shape index (κ2) is 8.52. The van der Waals surface area contributed by atoms with Crippen molar-refractivity contribution in [2.45, 2.75) is 19.6 Å². The van der Waals surface area contributed by atoms with Crippen molar-refractivity contribution in [3.63, 3.8) is 0 Å². The fraction of sp³-hybridized carbons (Fsp3) is 0.235. The predicted octanol–water partition coefficient (Wildman–Crippen LogP) is 2.47. The van der Waals surface area contributed by atoms with Gasteiger partial charge in [-0.15, -0.1) is 0 Å². The van der Waals surface area contributed by atoms with E-state index < -0.39 is 12.1 Å². The van der Waals surface area contributed by atoms with Gasteiger partial charge >= 0.3 is 12.1 Å². The first-order valence-electron chi connectivity index (χ1n) is 7.34. The average Bonchev–Trinajstić information content (AvgIpc) is 2.59. The lowest BCUT2D eigenvalue weighted by molar-refractivity contribution is 0.0696. The molecule has 0 saturated heterocycles.